The Kier molecular flexibility index (Phi) is 6.05. The highest BCUT2D eigenvalue weighted by molar-refractivity contribution is 5.48. The summed E-state index contributed by atoms with van der Waals surface area (Å²) < 4.78 is 0. The molecule has 0 spiro atoms. The van der Waals surface area contributed by atoms with E-state index in [9.17, 15) is 0 Å². The lowest BCUT2D eigenvalue weighted by Gasteiger charge is -2.37. The molecular formula is C23H32N4. The highest BCUT2D eigenvalue weighted by Crippen LogP contribution is 2.30. The smallest absolute Gasteiger partial charge is 0.0369 e. The predicted octanol–water partition coefficient (Wildman–Crippen LogP) is 3.42. The van der Waals surface area contributed by atoms with Crippen LogP contribution in [0, 0.1) is 12.8 Å². The summed E-state index contributed by atoms with van der Waals surface area (Å²) in [6.07, 6.45) is 6.71. The zero-order valence-corrected chi connectivity index (χ0v) is 16.6. The van der Waals surface area contributed by atoms with Crippen molar-refractivity contribution in [2.45, 2.75) is 26.3 Å². The highest BCUT2D eigenvalue weighted by Gasteiger charge is 2.25. The third kappa shape index (κ3) is 5.53. The fraction of sp³-hybridized carbons (Fsp3) is 0.522. The van der Waals surface area contributed by atoms with Crippen LogP contribution in [0.15, 0.2) is 48.8 Å². The van der Waals surface area contributed by atoms with Gasteiger partial charge in [0, 0.05) is 70.4 Å². The lowest BCUT2D eigenvalue weighted by atomic mass is 10.2. The van der Waals surface area contributed by atoms with Crippen LogP contribution in [0.5, 0.6) is 0 Å². The van der Waals surface area contributed by atoms with Crippen LogP contribution in [0.25, 0.3) is 0 Å². The van der Waals surface area contributed by atoms with Crippen LogP contribution in [0.4, 0.5) is 5.69 Å². The molecule has 2 aliphatic rings. The molecule has 2 fully saturated rings. The number of rotatable bonds is 8. The molecule has 1 aliphatic heterocycles. The Hall–Kier alpha value is -1.91. The molecule has 0 bridgehead atoms. The van der Waals surface area contributed by atoms with E-state index in [1.165, 1.54) is 42.7 Å². The van der Waals surface area contributed by atoms with Gasteiger partial charge in [0.1, 0.15) is 0 Å². The number of nitrogens with zero attached hydrogens (tertiary/aromatic N) is 4. The van der Waals surface area contributed by atoms with E-state index >= 15 is 0 Å². The summed E-state index contributed by atoms with van der Waals surface area (Å²) in [6.45, 7) is 11.4. The molecule has 4 rings (SSSR count). The molecule has 0 unspecified atom stereocenters. The molecule has 1 saturated carbocycles. The summed E-state index contributed by atoms with van der Waals surface area (Å²) in [6, 6.07) is 13.2. The fourth-order valence-electron chi connectivity index (χ4n) is 3.99. The molecular weight excluding hydrogens is 332 g/mol. The van der Waals surface area contributed by atoms with Gasteiger partial charge in [-0.2, -0.15) is 0 Å². The number of hydrogen-bond donors (Lipinski definition) is 0. The van der Waals surface area contributed by atoms with E-state index in [4.69, 9.17) is 0 Å². The van der Waals surface area contributed by atoms with Gasteiger partial charge >= 0.3 is 0 Å². The van der Waals surface area contributed by atoms with Gasteiger partial charge in [-0.1, -0.05) is 18.2 Å². The Balaban J connectivity index is 1.26. The SMILES string of the molecule is Cc1cccc(N2CCN(CCN(Cc3cccnc3)CC3CC3)CC2)c1. The molecule has 144 valence electrons. The van der Waals surface area contributed by atoms with Gasteiger partial charge < -0.3 is 4.90 Å². The second kappa shape index (κ2) is 8.85. The van der Waals surface area contributed by atoms with E-state index in [1.54, 1.807) is 0 Å². The van der Waals surface area contributed by atoms with Crippen molar-refractivity contribution in [3.8, 4) is 0 Å². The van der Waals surface area contributed by atoms with Crippen LogP contribution in [0.2, 0.25) is 0 Å². The summed E-state index contributed by atoms with van der Waals surface area (Å²) in [5, 5.41) is 0. The molecule has 4 nitrogen and oxygen atoms in total. The Morgan fingerprint density at radius 2 is 1.93 bits per heavy atom. The molecule has 2 aromatic rings. The third-order valence-electron chi connectivity index (χ3n) is 5.81. The zero-order chi connectivity index (χ0) is 18.5. The average molecular weight is 365 g/mol. The lowest BCUT2D eigenvalue weighted by Crippen LogP contribution is -2.48. The zero-order valence-electron chi connectivity index (χ0n) is 16.6. The standard InChI is InChI=1S/C23H32N4/c1-20-4-2-6-23(16-20)27-14-12-25(13-15-27)10-11-26(18-21-7-8-21)19-22-5-3-9-24-17-22/h2-6,9,16-17,21H,7-8,10-15,18-19H2,1H3. The maximum Gasteiger partial charge on any atom is 0.0369 e. The third-order valence-corrected chi connectivity index (χ3v) is 5.81. The van der Waals surface area contributed by atoms with E-state index in [2.05, 4.69) is 63.0 Å². The Labute approximate surface area is 163 Å². The second-order valence-electron chi connectivity index (χ2n) is 8.21. The number of benzene rings is 1. The summed E-state index contributed by atoms with van der Waals surface area (Å²) in [7, 11) is 0. The Morgan fingerprint density at radius 3 is 2.63 bits per heavy atom. The van der Waals surface area contributed by atoms with E-state index in [-0.39, 0.29) is 0 Å². The molecule has 0 atom stereocenters. The van der Waals surface area contributed by atoms with E-state index in [0.717, 1.165) is 45.2 Å². The number of pyridine rings is 1. The first kappa shape index (κ1) is 18.5. The van der Waals surface area contributed by atoms with Gasteiger partial charge in [0.05, 0.1) is 0 Å². The van der Waals surface area contributed by atoms with Crippen molar-refractivity contribution in [1.29, 1.82) is 0 Å². The number of piperazine rings is 1. The van der Waals surface area contributed by atoms with Crippen molar-refractivity contribution in [3.63, 3.8) is 0 Å². The van der Waals surface area contributed by atoms with Gasteiger partial charge in [0.15, 0.2) is 0 Å². The lowest BCUT2D eigenvalue weighted by molar-refractivity contribution is 0.187. The summed E-state index contributed by atoms with van der Waals surface area (Å²) in [4.78, 5) is 12.1. The minimum absolute atomic E-state index is 0.930. The molecule has 27 heavy (non-hydrogen) atoms. The molecule has 1 aromatic carbocycles. The number of aryl methyl sites for hydroxylation is 1. The van der Waals surface area contributed by atoms with E-state index in [1.807, 2.05) is 12.4 Å². The molecule has 0 radical (unpaired) electrons. The van der Waals surface area contributed by atoms with Gasteiger partial charge in [-0.25, -0.2) is 0 Å². The molecule has 1 aromatic heterocycles. The normalized spacial score (nSPS) is 18.2. The minimum atomic E-state index is 0.930. The second-order valence-corrected chi connectivity index (χ2v) is 8.21. The molecule has 0 N–H and O–H groups in total. The van der Waals surface area contributed by atoms with Crippen molar-refractivity contribution in [2.24, 2.45) is 5.92 Å². The maximum atomic E-state index is 4.28. The van der Waals surface area contributed by atoms with Crippen molar-refractivity contribution in [2.75, 3.05) is 50.7 Å². The Bertz CT molecular complexity index is 705. The van der Waals surface area contributed by atoms with Gasteiger partial charge in [0.2, 0.25) is 0 Å². The van der Waals surface area contributed by atoms with Gasteiger partial charge in [-0.3, -0.25) is 14.8 Å². The van der Waals surface area contributed by atoms with Gasteiger partial charge in [-0.05, 0) is 55.0 Å². The van der Waals surface area contributed by atoms with Crippen molar-refractivity contribution in [3.05, 3.63) is 59.9 Å². The van der Waals surface area contributed by atoms with Crippen molar-refractivity contribution in [1.82, 2.24) is 14.8 Å². The van der Waals surface area contributed by atoms with Gasteiger partial charge in [0.25, 0.3) is 0 Å². The fourth-order valence-corrected chi connectivity index (χ4v) is 3.99. The van der Waals surface area contributed by atoms with Crippen molar-refractivity contribution >= 4 is 5.69 Å². The van der Waals surface area contributed by atoms with Crippen LogP contribution in [-0.4, -0.2) is 60.6 Å². The Morgan fingerprint density at radius 1 is 1.07 bits per heavy atom. The average Bonchev–Trinajstić information content (AvgIpc) is 3.51. The minimum Gasteiger partial charge on any atom is -0.369 e. The largest absolute Gasteiger partial charge is 0.369 e. The first-order valence-corrected chi connectivity index (χ1v) is 10.4. The molecule has 1 aliphatic carbocycles. The maximum absolute atomic E-state index is 4.28. The van der Waals surface area contributed by atoms with Gasteiger partial charge in [-0.15, -0.1) is 0 Å². The first-order chi connectivity index (χ1) is 13.3. The topological polar surface area (TPSA) is 22.6 Å². The van der Waals surface area contributed by atoms with Crippen LogP contribution in [-0.2, 0) is 6.54 Å². The van der Waals surface area contributed by atoms with Crippen LogP contribution in [0.1, 0.15) is 24.0 Å². The molecule has 4 heteroatoms. The highest BCUT2D eigenvalue weighted by atomic mass is 15.3. The monoisotopic (exact) mass is 364 g/mol. The molecule has 0 amide bonds. The summed E-state index contributed by atoms with van der Waals surface area (Å²) in [5.74, 6) is 0.930. The first-order valence-electron chi connectivity index (χ1n) is 10.4. The number of anilines is 1. The van der Waals surface area contributed by atoms with E-state index < -0.39 is 0 Å². The molecule has 1 saturated heterocycles. The number of hydrogen-bond acceptors (Lipinski definition) is 4. The number of aromatic nitrogens is 1. The van der Waals surface area contributed by atoms with Crippen LogP contribution >= 0.6 is 0 Å². The van der Waals surface area contributed by atoms with E-state index in [0.29, 0.717) is 0 Å². The van der Waals surface area contributed by atoms with Crippen LogP contribution in [0.3, 0.4) is 0 Å². The quantitative estimate of drug-likeness (QED) is 0.716. The predicted molar refractivity (Wildman–Crippen MR) is 112 cm³/mol. The molecule has 2 heterocycles. The summed E-state index contributed by atoms with van der Waals surface area (Å²) >= 11 is 0. The summed E-state index contributed by atoms with van der Waals surface area (Å²) in [5.41, 5.74) is 4.06. The van der Waals surface area contributed by atoms with Crippen molar-refractivity contribution < 1.29 is 0 Å². The van der Waals surface area contributed by atoms with Crippen LogP contribution < -0.4 is 4.90 Å².